The van der Waals surface area contributed by atoms with E-state index in [2.05, 4.69) is 4.99 Å². The standard InChI is InChI=1S/C27H32ClNO6/c1-6-32-22-10-7-19(8-11-22)13-21-14-20(9-12-23(21)28)26-27(34-18(4)31)25(33-17(3)30)16(2)24(35-26)15-29-5/h7-12,14-16,24-27H,6,13H2,1-5H3/t16-,24-,25+,26+,27-/m1/s1. The summed E-state index contributed by atoms with van der Waals surface area (Å²) >= 11 is 6.54. The Hall–Kier alpha value is -2.90. The number of halogens is 1. The minimum atomic E-state index is -0.826. The van der Waals surface area contributed by atoms with Crippen LogP contribution in [0.15, 0.2) is 47.5 Å². The summed E-state index contributed by atoms with van der Waals surface area (Å²) in [6.07, 6.45) is -0.385. The lowest BCUT2D eigenvalue weighted by molar-refractivity contribution is -0.214. The molecule has 8 heteroatoms. The largest absolute Gasteiger partial charge is 0.494 e. The van der Waals surface area contributed by atoms with Gasteiger partial charge in [0, 0.05) is 38.1 Å². The first kappa shape index (κ1) is 26.7. The molecule has 1 aliphatic heterocycles. The van der Waals surface area contributed by atoms with Crippen LogP contribution in [0.4, 0.5) is 0 Å². The van der Waals surface area contributed by atoms with Crippen molar-refractivity contribution in [2.45, 2.75) is 58.5 Å². The van der Waals surface area contributed by atoms with Crippen LogP contribution in [0, 0.1) is 5.92 Å². The number of hydrogen-bond donors (Lipinski definition) is 0. The van der Waals surface area contributed by atoms with Crippen molar-refractivity contribution in [2.75, 3.05) is 13.7 Å². The zero-order chi connectivity index (χ0) is 25.5. The number of ether oxygens (including phenoxy) is 4. The van der Waals surface area contributed by atoms with E-state index in [1.165, 1.54) is 13.8 Å². The second kappa shape index (κ2) is 12.2. The topological polar surface area (TPSA) is 83.4 Å². The van der Waals surface area contributed by atoms with Crippen molar-refractivity contribution in [3.05, 3.63) is 64.2 Å². The summed E-state index contributed by atoms with van der Waals surface area (Å²) in [5.41, 5.74) is 2.72. The van der Waals surface area contributed by atoms with Crippen LogP contribution in [-0.4, -0.2) is 50.1 Å². The zero-order valence-electron chi connectivity index (χ0n) is 20.7. The Balaban J connectivity index is 1.97. The van der Waals surface area contributed by atoms with Gasteiger partial charge in [-0.15, -0.1) is 0 Å². The molecule has 0 aromatic heterocycles. The minimum Gasteiger partial charge on any atom is -0.494 e. The highest BCUT2D eigenvalue weighted by molar-refractivity contribution is 6.31. The Morgan fingerprint density at radius 3 is 2.31 bits per heavy atom. The van der Waals surface area contributed by atoms with Gasteiger partial charge in [-0.05, 0) is 48.2 Å². The molecular formula is C27H32ClNO6. The quantitative estimate of drug-likeness (QED) is 0.375. The first-order valence-corrected chi connectivity index (χ1v) is 12.0. The third-order valence-electron chi connectivity index (χ3n) is 5.89. The van der Waals surface area contributed by atoms with E-state index in [1.807, 2.05) is 50.2 Å². The van der Waals surface area contributed by atoms with Gasteiger partial charge in [0.1, 0.15) is 18.0 Å². The fourth-order valence-corrected chi connectivity index (χ4v) is 4.48. The highest BCUT2D eigenvalue weighted by Crippen LogP contribution is 2.39. The van der Waals surface area contributed by atoms with Crippen LogP contribution in [0.3, 0.4) is 0 Å². The maximum Gasteiger partial charge on any atom is 0.303 e. The lowest BCUT2D eigenvalue weighted by Gasteiger charge is -2.43. The molecule has 188 valence electrons. The Bertz CT molecular complexity index is 1050. The van der Waals surface area contributed by atoms with E-state index in [9.17, 15) is 9.59 Å². The first-order chi connectivity index (χ1) is 16.7. The molecule has 0 aliphatic carbocycles. The summed E-state index contributed by atoms with van der Waals surface area (Å²) in [4.78, 5) is 28.0. The average Bonchev–Trinajstić information content (AvgIpc) is 2.80. The summed E-state index contributed by atoms with van der Waals surface area (Å²) in [5, 5.41) is 0.610. The monoisotopic (exact) mass is 501 g/mol. The fourth-order valence-electron chi connectivity index (χ4n) is 4.30. The normalized spacial score (nSPS) is 24.2. The van der Waals surface area contributed by atoms with E-state index >= 15 is 0 Å². The van der Waals surface area contributed by atoms with Gasteiger partial charge >= 0.3 is 11.9 Å². The van der Waals surface area contributed by atoms with E-state index in [0.717, 1.165) is 22.4 Å². The molecule has 3 rings (SSSR count). The SMILES string of the molecule is CCOc1ccc(Cc2cc([C@@H]3O[C@H](C=NC)[C@@H](C)[C@H](OC(C)=O)[C@H]3OC(C)=O)ccc2Cl)cc1. The van der Waals surface area contributed by atoms with Crippen molar-refractivity contribution in [3.8, 4) is 5.75 Å². The van der Waals surface area contributed by atoms with Gasteiger partial charge < -0.3 is 18.9 Å². The lowest BCUT2D eigenvalue weighted by atomic mass is 9.85. The number of esters is 2. The summed E-state index contributed by atoms with van der Waals surface area (Å²) < 4.78 is 23.2. The van der Waals surface area contributed by atoms with Crippen LogP contribution in [0.1, 0.15) is 50.5 Å². The number of aliphatic imine (C=N–C) groups is 1. The van der Waals surface area contributed by atoms with Crippen molar-refractivity contribution >= 4 is 29.8 Å². The Labute approximate surface area is 211 Å². The molecule has 1 heterocycles. The van der Waals surface area contributed by atoms with E-state index in [0.29, 0.717) is 18.1 Å². The van der Waals surface area contributed by atoms with Gasteiger partial charge in [0.25, 0.3) is 0 Å². The number of carbonyl (C=O) groups excluding carboxylic acids is 2. The van der Waals surface area contributed by atoms with E-state index in [-0.39, 0.29) is 5.92 Å². The molecule has 0 radical (unpaired) electrons. The molecule has 5 atom stereocenters. The van der Waals surface area contributed by atoms with E-state index in [1.54, 1.807) is 19.3 Å². The van der Waals surface area contributed by atoms with Gasteiger partial charge in [-0.2, -0.15) is 0 Å². The predicted octanol–water partition coefficient (Wildman–Crippen LogP) is 4.97. The van der Waals surface area contributed by atoms with Crippen LogP contribution in [0.2, 0.25) is 5.02 Å². The molecule has 0 spiro atoms. The first-order valence-electron chi connectivity index (χ1n) is 11.7. The van der Waals surface area contributed by atoms with Crippen molar-refractivity contribution < 1.29 is 28.5 Å². The van der Waals surface area contributed by atoms with Gasteiger partial charge in [-0.1, -0.05) is 42.8 Å². The molecule has 2 aromatic rings. The number of nitrogens with zero attached hydrogens (tertiary/aromatic N) is 1. The molecule has 0 saturated carbocycles. The molecule has 35 heavy (non-hydrogen) atoms. The molecule has 0 amide bonds. The second-order valence-corrected chi connectivity index (χ2v) is 8.95. The lowest BCUT2D eigenvalue weighted by Crippen LogP contribution is -2.53. The Morgan fingerprint density at radius 1 is 1.06 bits per heavy atom. The number of benzene rings is 2. The third-order valence-corrected chi connectivity index (χ3v) is 6.26. The van der Waals surface area contributed by atoms with Crippen molar-refractivity contribution in [2.24, 2.45) is 10.9 Å². The summed E-state index contributed by atoms with van der Waals surface area (Å²) in [6, 6.07) is 13.4. The summed E-state index contributed by atoms with van der Waals surface area (Å²) in [7, 11) is 1.65. The maximum atomic E-state index is 12.0. The average molecular weight is 502 g/mol. The van der Waals surface area contributed by atoms with E-state index in [4.69, 9.17) is 30.5 Å². The fraction of sp³-hybridized carbons (Fsp3) is 0.444. The van der Waals surface area contributed by atoms with Gasteiger partial charge in [0.2, 0.25) is 0 Å². The number of hydrogen-bond acceptors (Lipinski definition) is 7. The van der Waals surface area contributed by atoms with Crippen LogP contribution in [0.5, 0.6) is 5.75 Å². The molecule has 0 N–H and O–H groups in total. The Kier molecular flexibility index (Phi) is 9.29. The van der Waals surface area contributed by atoms with Crippen molar-refractivity contribution in [1.82, 2.24) is 0 Å². The molecular weight excluding hydrogens is 470 g/mol. The molecule has 0 bridgehead atoms. The van der Waals surface area contributed by atoms with Gasteiger partial charge in [0.15, 0.2) is 6.10 Å². The van der Waals surface area contributed by atoms with Crippen LogP contribution < -0.4 is 4.74 Å². The number of carbonyl (C=O) groups is 2. The molecule has 7 nitrogen and oxygen atoms in total. The predicted molar refractivity (Wildman–Crippen MR) is 134 cm³/mol. The van der Waals surface area contributed by atoms with Crippen LogP contribution in [-0.2, 0) is 30.2 Å². The summed E-state index contributed by atoms with van der Waals surface area (Å²) in [6.45, 7) is 7.09. The van der Waals surface area contributed by atoms with Crippen LogP contribution in [0.25, 0.3) is 0 Å². The van der Waals surface area contributed by atoms with Crippen LogP contribution >= 0.6 is 11.6 Å². The maximum absolute atomic E-state index is 12.0. The van der Waals surface area contributed by atoms with Gasteiger partial charge in [-0.3, -0.25) is 14.6 Å². The highest BCUT2D eigenvalue weighted by Gasteiger charge is 2.48. The minimum absolute atomic E-state index is 0.279. The van der Waals surface area contributed by atoms with Crippen molar-refractivity contribution in [1.29, 1.82) is 0 Å². The third kappa shape index (κ3) is 6.83. The molecule has 1 aliphatic rings. The second-order valence-electron chi connectivity index (χ2n) is 8.54. The van der Waals surface area contributed by atoms with Crippen molar-refractivity contribution in [3.63, 3.8) is 0 Å². The smallest absolute Gasteiger partial charge is 0.303 e. The molecule has 1 saturated heterocycles. The Morgan fingerprint density at radius 2 is 1.71 bits per heavy atom. The van der Waals surface area contributed by atoms with E-state index < -0.39 is 36.4 Å². The number of rotatable bonds is 8. The summed E-state index contributed by atoms with van der Waals surface area (Å²) in [5.74, 6) is -0.415. The van der Waals surface area contributed by atoms with Gasteiger partial charge in [0.05, 0.1) is 12.7 Å². The molecule has 1 fully saturated rings. The molecule has 0 unspecified atom stereocenters. The highest BCUT2D eigenvalue weighted by atomic mass is 35.5. The van der Waals surface area contributed by atoms with Gasteiger partial charge in [-0.25, -0.2) is 0 Å². The molecule has 2 aromatic carbocycles. The zero-order valence-corrected chi connectivity index (χ0v) is 21.5.